The van der Waals surface area contributed by atoms with E-state index in [2.05, 4.69) is 4.98 Å². The molecule has 2 aromatic rings. The van der Waals surface area contributed by atoms with E-state index in [1.807, 2.05) is 19.1 Å². The van der Waals surface area contributed by atoms with Crippen molar-refractivity contribution in [1.29, 1.82) is 0 Å². The Bertz CT molecular complexity index is 571. The Balaban J connectivity index is 2.23. The molecule has 0 atom stereocenters. The molecule has 0 aliphatic rings. The van der Waals surface area contributed by atoms with Gasteiger partial charge in [0.25, 0.3) is 0 Å². The number of aliphatic hydroxyl groups excluding tert-OH is 1. The first-order valence-electron chi connectivity index (χ1n) is 5.59. The van der Waals surface area contributed by atoms with Crippen LogP contribution < -0.4 is 0 Å². The molecular weight excluding hydrogens is 226 g/mol. The fraction of sp³-hybridized carbons (Fsp3) is 0.0667. The number of ketones is 1. The summed E-state index contributed by atoms with van der Waals surface area (Å²) < 4.78 is 0. The molecule has 1 aromatic heterocycles. The Labute approximate surface area is 105 Å². The molecule has 0 aliphatic carbocycles. The highest BCUT2D eigenvalue weighted by Gasteiger charge is 2.05. The van der Waals surface area contributed by atoms with Crippen molar-refractivity contribution in [2.24, 2.45) is 0 Å². The van der Waals surface area contributed by atoms with Gasteiger partial charge in [0.2, 0.25) is 0 Å². The zero-order chi connectivity index (χ0) is 13.0. The van der Waals surface area contributed by atoms with E-state index in [4.69, 9.17) is 0 Å². The zero-order valence-electron chi connectivity index (χ0n) is 10.00. The molecule has 0 fully saturated rings. The highest BCUT2D eigenvalue weighted by molar-refractivity contribution is 6.07. The number of aromatic nitrogens is 1. The largest absolute Gasteiger partial charge is 0.507 e. The van der Waals surface area contributed by atoms with Gasteiger partial charge >= 0.3 is 0 Å². The van der Waals surface area contributed by atoms with Crippen LogP contribution in [0.4, 0.5) is 0 Å². The first-order chi connectivity index (χ1) is 8.66. The van der Waals surface area contributed by atoms with E-state index in [0.717, 1.165) is 5.56 Å². The molecule has 0 unspecified atom stereocenters. The van der Waals surface area contributed by atoms with Crippen molar-refractivity contribution in [3.8, 4) is 0 Å². The van der Waals surface area contributed by atoms with Crippen LogP contribution in [0.25, 0.3) is 5.76 Å². The van der Waals surface area contributed by atoms with Crippen LogP contribution >= 0.6 is 0 Å². The summed E-state index contributed by atoms with van der Waals surface area (Å²) in [5.74, 6) is -0.301. The number of rotatable bonds is 3. The molecule has 3 nitrogen and oxygen atoms in total. The molecule has 18 heavy (non-hydrogen) atoms. The van der Waals surface area contributed by atoms with Gasteiger partial charge in [-0.2, -0.15) is 0 Å². The number of benzene rings is 1. The summed E-state index contributed by atoms with van der Waals surface area (Å²) in [7, 11) is 0. The standard InChI is InChI=1S/C15H13NO2/c1-11-4-6-12(7-5-11)14(17)9-15(18)13-3-2-8-16-10-13/h2-10,18H,1H3. The number of carbonyl (C=O) groups is 1. The van der Waals surface area contributed by atoms with Gasteiger partial charge < -0.3 is 5.11 Å². The van der Waals surface area contributed by atoms with Crippen molar-refractivity contribution >= 4 is 11.5 Å². The molecule has 0 bridgehead atoms. The molecule has 3 heteroatoms. The van der Waals surface area contributed by atoms with E-state index in [9.17, 15) is 9.90 Å². The van der Waals surface area contributed by atoms with E-state index in [-0.39, 0.29) is 11.5 Å². The first-order valence-corrected chi connectivity index (χ1v) is 5.59. The summed E-state index contributed by atoms with van der Waals surface area (Å²) in [5, 5.41) is 9.81. The number of carbonyl (C=O) groups excluding carboxylic acids is 1. The molecule has 1 N–H and O–H groups in total. The third-order valence-corrected chi connectivity index (χ3v) is 2.56. The topological polar surface area (TPSA) is 50.2 Å². The molecule has 0 radical (unpaired) electrons. The molecule has 0 amide bonds. The third kappa shape index (κ3) is 2.83. The lowest BCUT2D eigenvalue weighted by molar-refractivity contribution is 0.104. The molecule has 0 saturated heterocycles. The normalized spacial score (nSPS) is 11.3. The van der Waals surface area contributed by atoms with Gasteiger partial charge in [0.15, 0.2) is 5.78 Å². The van der Waals surface area contributed by atoms with Crippen molar-refractivity contribution in [1.82, 2.24) is 4.98 Å². The van der Waals surface area contributed by atoms with E-state index in [0.29, 0.717) is 11.1 Å². The van der Waals surface area contributed by atoms with Gasteiger partial charge in [-0.1, -0.05) is 29.8 Å². The summed E-state index contributed by atoms with van der Waals surface area (Å²) in [6.45, 7) is 1.96. The smallest absolute Gasteiger partial charge is 0.189 e. The highest BCUT2D eigenvalue weighted by atomic mass is 16.3. The van der Waals surface area contributed by atoms with Gasteiger partial charge in [0.1, 0.15) is 5.76 Å². The fourth-order valence-corrected chi connectivity index (χ4v) is 1.52. The van der Waals surface area contributed by atoms with Crippen LogP contribution in [-0.4, -0.2) is 15.9 Å². The van der Waals surface area contributed by atoms with Crippen molar-refractivity contribution in [3.05, 3.63) is 71.6 Å². The molecule has 1 aromatic carbocycles. The Morgan fingerprint density at radius 3 is 2.50 bits per heavy atom. The highest BCUT2D eigenvalue weighted by Crippen LogP contribution is 2.12. The van der Waals surface area contributed by atoms with Crippen LogP contribution in [0.1, 0.15) is 21.5 Å². The predicted octanol–water partition coefficient (Wildman–Crippen LogP) is 3.17. The van der Waals surface area contributed by atoms with Crippen molar-refractivity contribution in [3.63, 3.8) is 0 Å². The number of aryl methyl sites for hydroxylation is 1. The quantitative estimate of drug-likeness (QED) is 0.508. The molecule has 90 valence electrons. The second-order valence-corrected chi connectivity index (χ2v) is 4.00. The summed E-state index contributed by atoms with van der Waals surface area (Å²) in [5.41, 5.74) is 2.17. The third-order valence-electron chi connectivity index (χ3n) is 2.56. The van der Waals surface area contributed by atoms with Crippen LogP contribution in [0.5, 0.6) is 0 Å². The van der Waals surface area contributed by atoms with Crippen LogP contribution in [0, 0.1) is 6.92 Å². The summed E-state index contributed by atoms with van der Waals surface area (Å²) in [6, 6.07) is 10.6. The number of allylic oxidation sites excluding steroid dienone is 1. The summed E-state index contributed by atoms with van der Waals surface area (Å²) >= 11 is 0. The number of aliphatic hydroxyl groups is 1. The van der Waals surface area contributed by atoms with Crippen molar-refractivity contribution in [2.45, 2.75) is 6.92 Å². The maximum Gasteiger partial charge on any atom is 0.189 e. The molecule has 0 spiro atoms. The van der Waals surface area contributed by atoms with E-state index in [1.165, 1.54) is 12.3 Å². The maximum atomic E-state index is 11.9. The maximum absolute atomic E-state index is 11.9. The molecule has 1 heterocycles. The second-order valence-electron chi connectivity index (χ2n) is 4.00. The van der Waals surface area contributed by atoms with Gasteiger partial charge in [-0.05, 0) is 19.1 Å². The lowest BCUT2D eigenvalue weighted by atomic mass is 10.1. The SMILES string of the molecule is Cc1ccc(C(=O)C=C(O)c2cccnc2)cc1. The monoisotopic (exact) mass is 239 g/mol. The lowest BCUT2D eigenvalue weighted by Gasteiger charge is -2.00. The molecule has 2 rings (SSSR count). The molecular formula is C15H13NO2. The van der Waals surface area contributed by atoms with Gasteiger partial charge in [-0.25, -0.2) is 0 Å². The van der Waals surface area contributed by atoms with Gasteiger partial charge in [-0.15, -0.1) is 0 Å². The van der Waals surface area contributed by atoms with Crippen molar-refractivity contribution in [2.75, 3.05) is 0 Å². The van der Waals surface area contributed by atoms with Crippen molar-refractivity contribution < 1.29 is 9.90 Å². The van der Waals surface area contributed by atoms with Crippen LogP contribution in [0.3, 0.4) is 0 Å². The number of pyridine rings is 1. The average Bonchev–Trinajstić information content (AvgIpc) is 2.40. The number of hydrogen-bond donors (Lipinski definition) is 1. The van der Waals surface area contributed by atoms with Crippen LogP contribution in [0.15, 0.2) is 54.9 Å². The minimum atomic E-state index is -0.226. The van der Waals surface area contributed by atoms with E-state index in [1.54, 1.807) is 30.5 Å². The molecule has 0 saturated carbocycles. The predicted molar refractivity (Wildman–Crippen MR) is 70.4 cm³/mol. The number of hydrogen-bond acceptors (Lipinski definition) is 3. The minimum absolute atomic E-state index is 0.0753. The zero-order valence-corrected chi connectivity index (χ0v) is 10.00. The first kappa shape index (κ1) is 12.0. The Hall–Kier alpha value is -2.42. The fourth-order valence-electron chi connectivity index (χ4n) is 1.52. The number of nitrogens with zero attached hydrogens (tertiary/aromatic N) is 1. The van der Waals surface area contributed by atoms with Gasteiger partial charge in [0.05, 0.1) is 0 Å². The Morgan fingerprint density at radius 2 is 1.89 bits per heavy atom. The van der Waals surface area contributed by atoms with E-state index >= 15 is 0 Å². The van der Waals surface area contributed by atoms with Crippen LogP contribution in [0.2, 0.25) is 0 Å². The van der Waals surface area contributed by atoms with Gasteiger partial charge in [0, 0.05) is 29.6 Å². The summed E-state index contributed by atoms with van der Waals surface area (Å²) in [4.78, 5) is 15.8. The summed E-state index contributed by atoms with van der Waals surface area (Å²) in [6.07, 6.45) is 4.33. The lowest BCUT2D eigenvalue weighted by Crippen LogP contribution is -1.96. The van der Waals surface area contributed by atoms with Crippen LogP contribution in [-0.2, 0) is 0 Å². The minimum Gasteiger partial charge on any atom is -0.507 e. The second kappa shape index (κ2) is 5.27. The van der Waals surface area contributed by atoms with Gasteiger partial charge in [-0.3, -0.25) is 9.78 Å². The Morgan fingerprint density at radius 1 is 1.17 bits per heavy atom. The van der Waals surface area contributed by atoms with E-state index < -0.39 is 0 Å². The Kier molecular flexibility index (Phi) is 3.53. The average molecular weight is 239 g/mol. The molecule has 0 aliphatic heterocycles.